The van der Waals surface area contributed by atoms with E-state index in [2.05, 4.69) is 100 Å². The van der Waals surface area contributed by atoms with E-state index in [0.717, 1.165) is 110 Å². The van der Waals surface area contributed by atoms with Crippen LogP contribution in [0.5, 0.6) is 0 Å². The molecule has 0 aliphatic heterocycles. The molecule has 0 bridgehead atoms. The number of hydrogen-bond donors (Lipinski definition) is 0. The molecule has 5 aromatic heterocycles. The van der Waals surface area contributed by atoms with Gasteiger partial charge in [-0.25, -0.2) is 0 Å². The van der Waals surface area contributed by atoms with Gasteiger partial charge in [0.1, 0.15) is 11.2 Å². The van der Waals surface area contributed by atoms with Crippen molar-refractivity contribution in [2.75, 3.05) is 0 Å². The zero-order chi connectivity index (χ0) is 35.5. The van der Waals surface area contributed by atoms with Crippen LogP contribution in [-0.2, 0) is 0 Å². The molecule has 0 unspecified atom stereocenters. The van der Waals surface area contributed by atoms with Crippen LogP contribution in [0.1, 0.15) is 5.56 Å². The maximum atomic E-state index is 10.6. The van der Waals surface area contributed by atoms with Gasteiger partial charge in [0.05, 0.1) is 57.5 Å². The molecule has 54 heavy (non-hydrogen) atoms. The Bertz CT molecular complexity index is 3380. The van der Waals surface area contributed by atoms with Crippen molar-refractivity contribution in [1.29, 1.82) is 5.26 Å². The van der Waals surface area contributed by atoms with Crippen molar-refractivity contribution in [3.05, 3.63) is 164 Å². The van der Waals surface area contributed by atoms with Crippen LogP contribution in [0.4, 0.5) is 0 Å². The highest BCUT2D eigenvalue weighted by molar-refractivity contribution is 6.23. The highest BCUT2D eigenvalue weighted by atomic mass is 16.3. The second-order valence-corrected chi connectivity index (χ2v) is 13.8. The Balaban J connectivity index is 1.30. The molecule has 250 valence electrons. The molecule has 0 saturated carbocycles. The number of nitrogens with zero attached hydrogens (tertiary/aromatic N) is 4. The zero-order valence-corrected chi connectivity index (χ0v) is 28.6. The molecule has 0 fully saturated rings. The Labute approximate surface area is 306 Å². The van der Waals surface area contributed by atoms with Crippen LogP contribution in [0.15, 0.2) is 167 Å². The molecular weight excluding hydrogens is 665 g/mol. The van der Waals surface area contributed by atoms with Crippen LogP contribution in [-0.4, -0.2) is 14.1 Å². The molecule has 6 nitrogen and oxygen atoms in total. The molecule has 0 aliphatic rings. The minimum Gasteiger partial charge on any atom is -0.454 e. The average Bonchev–Trinajstić information content (AvgIpc) is 3.98. The Kier molecular flexibility index (Phi) is 5.75. The minimum absolute atomic E-state index is 0.565. The van der Waals surface area contributed by atoms with Gasteiger partial charge in [0, 0.05) is 54.2 Å². The summed E-state index contributed by atoms with van der Waals surface area (Å²) in [6, 6.07) is 52.3. The molecule has 0 aliphatic carbocycles. The van der Waals surface area contributed by atoms with E-state index in [4.69, 9.17) is 13.8 Å². The van der Waals surface area contributed by atoms with Gasteiger partial charge in [0.2, 0.25) is 0 Å². The van der Waals surface area contributed by atoms with E-state index in [9.17, 15) is 5.26 Å². The Morgan fingerprint density at radius 2 is 0.889 bits per heavy atom. The molecule has 0 saturated heterocycles. The third kappa shape index (κ3) is 3.74. The topological polar surface area (TPSA) is 72.8 Å². The summed E-state index contributed by atoms with van der Waals surface area (Å²) in [5.74, 6) is 0. The first-order chi connectivity index (χ1) is 26.8. The second-order valence-electron chi connectivity index (χ2n) is 13.8. The summed E-state index contributed by atoms with van der Waals surface area (Å²) in [5, 5.41) is 19.2. The van der Waals surface area contributed by atoms with Crippen molar-refractivity contribution in [2.24, 2.45) is 0 Å². The molecule has 7 aromatic carbocycles. The van der Waals surface area contributed by atoms with E-state index in [1.807, 2.05) is 73.1 Å². The number of aromatic nitrogens is 3. The largest absolute Gasteiger partial charge is 0.454 e. The maximum Gasteiger partial charge on any atom is 0.160 e. The first-order valence-corrected chi connectivity index (χ1v) is 17.9. The lowest BCUT2D eigenvalue weighted by Gasteiger charge is -2.20. The predicted molar refractivity (Wildman–Crippen MR) is 218 cm³/mol. The van der Waals surface area contributed by atoms with Crippen molar-refractivity contribution in [3.8, 4) is 28.6 Å². The van der Waals surface area contributed by atoms with Crippen LogP contribution in [0, 0.1) is 11.3 Å². The lowest BCUT2D eigenvalue weighted by molar-refractivity contribution is 0.671. The molecule has 0 spiro atoms. The van der Waals surface area contributed by atoms with Gasteiger partial charge in [-0.3, -0.25) is 4.98 Å². The van der Waals surface area contributed by atoms with E-state index in [-0.39, 0.29) is 0 Å². The average molecular weight is 691 g/mol. The fourth-order valence-electron chi connectivity index (χ4n) is 8.81. The molecule has 5 heterocycles. The van der Waals surface area contributed by atoms with Gasteiger partial charge < -0.3 is 18.0 Å². The van der Waals surface area contributed by atoms with E-state index in [1.165, 1.54) is 0 Å². The highest BCUT2D eigenvalue weighted by Gasteiger charge is 2.26. The number of hydrogen-bond acceptors (Lipinski definition) is 4. The lowest BCUT2D eigenvalue weighted by atomic mass is 9.97. The number of para-hydroxylation sites is 4. The lowest BCUT2D eigenvalue weighted by Crippen LogP contribution is -2.06. The number of pyridine rings is 1. The van der Waals surface area contributed by atoms with E-state index in [1.54, 1.807) is 0 Å². The van der Waals surface area contributed by atoms with Crippen LogP contribution in [0.25, 0.3) is 110 Å². The first kappa shape index (κ1) is 29.0. The van der Waals surface area contributed by atoms with Crippen molar-refractivity contribution < 1.29 is 8.83 Å². The number of fused-ring (bicyclic) bond motifs is 14. The van der Waals surface area contributed by atoms with Gasteiger partial charge in [-0.05, 0) is 42.5 Å². The van der Waals surface area contributed by atoms with Crippen molar-refractivity contribution in [2.45, 2.75) is 0 Å². The summed E-state index contributed by atoms with van der Waals surface area (Å²) in [4.78, 5) is 5.03. The third-order valence-corrected chi connectivity index (χ3v) is 11.1. The summed E-state index contributed by atoms with van der Waals surface area (Å²) >= 11 is 0. The molecule has 6 heteroatoms. The summed E-state index contributed by atoms with van der Waals surface area (Å²) in [6.07, 6.45) is 3.84. The summed E-state index contributed by atoms with van der Waals surface area (Å²) < 4.78 is 18.0. The van der Waals surface area contributed by atoms with E-state index in [0.29, 0.717) is 5.56 Å². The van der Waals surface area contributed by atoms with Crippen molar-refractivity contribution in [3.63, 3.8) is 0 Å². The Hall–Kier alpha value is -7.62. The van der Waals surface area contributed by atoms with Gasteiger partial charge in [-0.15, -0.1) is 0 Å². The molecule has 12 aromatic rings. The molecule has 0 radical (unpaired) electrons. The summed E-state index contributed by atoms with van der Waals surface area (Å²) in [5.41, 5.74) is 11.1. The monoisotopic (exact) mass is 690 g/mol. The normalized spacial score (nSPS) is 12.1. The zero-order valence-electron chi connectivity index (χ0n) is 28.6. The Morgan fingerprint density at radius 3 is 1.43 bits per heavy atom. The number of furan rings is 2. The summed E-state index contributed by atoms with van der Waals surface area (Å²) in [7, 11) is 0. The SMILES string of the molecule is N#Cc1ccccc1-c1c(-n2c3ccccc3c3ccc4c5ccccc5oc4c32)cncc1-n1c2ccccc2c2ccc3c4ccccc4oc3c21. The fraction of sp³-hybridized carbons (Fsp3) is 0. The smallest absolute Gasteiger partial charge is 0.160 e. The molecule has 0 N–H and O–H groups in total. The number of rotatable bonds is 3. The Morgan fingerprint density at radius 1 is 0.444 bits per heavy atom. The van der Waals surface area contributed by atoms with Crippen LogP contribution < -0.4 is 0 Å². The minimum atomic E-state index is 0.565. The van der Waals surface area contributed by atoms with Gasteiger partial charge in [0.25, 0.3) is 0 Å². The van der Waals surface area contributed by atoms with Gasteiger partial charge in [0.15, 0.2) is 11.2 Å². The second kappa shape index (κ2) is 10.7. The van der Waals surface area contributed by atoms with Gasteiger partial charge in [-0.1, -0.05) is 103 Å². The number of benzene rings is 7. The van der Waals surface area contributed by atoms with Gasteiger partial charge >= 0.3 is 0 Å². The fourth-order valence-corrected chi connectivity index (χ4v) is 8.81. The van der Waals surface area contributed by atoms with E-state index >= 15 is 0 Å². The van der Waals surface area contributed by atoms with Gasteiger partial charge in [-0.2, -0.15) is 5.26 Å². The molecular formula is C48H26N4O2. The van der Waals surface area contributed by atoms with Crippen LogP contribution >= 0.6 is 0 Å². The quantitative estimate of drug-likeness (QED) is 0.185. The predicted octanol–water partition coefficient (Wildman–Crippen LogP) is 12.6. The molecule has 0 amide bonds. The third-order valence-electron chi connectivity index (χ3n) is 11.1. The van der Waals surface area contributed by atoms with E-state index < -0.39 is 0 Å². The summed E-state index contributed by atoms with van der Waals surface area (Å²) in [6.45, 7) is 0. The first-order valence-electron chi connectivity index (χ1n) is 17.9. The van der Waals surface area contributed by atoms with Crippen molar-refractivity contribution >= 4 is 87.5 Å². The van der Waals surface area contributed by atoms with Crippen LogP contribution in [0.2, 0.25) is 0 Å². The van der Waals surface area contributed by atoms with Crippen molar-refractivity contribution in [1.82, 2.24) is 14.1 Å². The van der Waals surface area contributed by atoms with Crippen LogP contribution in [0.3, 0.4) is 0 Å². The molecule has 12 rings (SSSR count). The number of nitriles is 1. The molecule has 0 atom stereocenters. The highest BCUT2D eigenvalue weighted by Crippen LogP contribution is 2.46. The standard InChI is InChI=1S/C48H26N4O2/c49-25-28-11-1-2-12-29(28)44-40(51-38-17-7-3-13-30(38)34-21-23-36-32-15-5-9-19-42(32)53-47(36)45(34)51)26-50-27-41(44)52-39-18-8-4-14-31(39)35-22-24-37-33-16-6-10-20-43(33)54-48(37)46(35)52/h1-24,26-27H. The maximum absolute atomic E-state index is 10.6.